The van der Waals surface area contributed by atoms with Crippen LogP contribution in [0.3, 0.4) is 0 Å². The number of hydrogen-bond acceptors (Lipinski definition) is 3. The van der Waals surface area contributed by atoms with Crippen LogP contribution < -0.4 is 16.0 Å². The van der Waals surface area contributed by atoms with Crippen molar-refractivity contribution in [1.82, 2.24) is 9.88 Å². The molecule has 0 saturated heterocycles. The van der Waals surface area contributed by atoms with Crippen molar-refractivity contribution in [3.63, 3.8) is 0 Å². The number of fused-ring (bicyclic) bond motifs is 1. The van der Waals surface area contributed by atoms with Crippen molar-refractivity contribution >= 4 is 34.6 Å². The molecule has 144 valence electrons. The lowest BCUT2D eigenvalue weighted by atomic mass is 9.95. The third-order valence-electron chi connectivity index (χ3n) is 4.85. The first kappa shape index (κ1) is 18.3. The maximum absolute atomic E-state index is 13.2. The first-order valence-electron chi connectivity index (χ1n) is 9.33. The minimum absolute atomic E-state index is 0.0879. The quantitative estimate of drug-likeness (QED) is 0.613. The van der Waals surface area contributed by atoms with Crippen LogP contribution in [0.15, 0.2) is 48.8 Å². The van der Waals surface area contributed by atoms with E-state index in [1.54, 1.807) is 42.6 Å². The molecule has 0 bridgehead atoms. The highest BCUT2D eigenvalue weighted by Gasteiger charge is 2.26. The number of carbonyl (C=O) groups is 2. The Morgan fingerprint density at radius 3 is 2.29 bits per heavy atom. The molecule has 6 nitrogen and oxygen atoms in total. The van der Waals surface area contributed by atoms with E-state index in [0.717, 1.165) is 29.8 Å². The van der Waals surface area contributed by atoms with Crippen molar-refractivity contribution in [3.05, 3.63) is 64.8 Å². The number of carbonyl (C=O) groups excluding carboxylic acids is 2. The van der Waals surface area contributed by atoms with Gasteiger partial charge in [-0.3, -0.25) is 4.79 Å². The van der Waals surface area contributed by atoms with Gasteiger partial charge in [0.1, 0.15) is 5.00 Å². The van der Waals surface area contributed by atoms with Gasteiger partial charge in [-0.25, -0.2) is 4.79 Å². The SMILES string of the molecule is CNC(=O)Nc1ccc(NC(=O)c2c(-n3cccc3)sc3c2CCCC3)cc1. The molecule has 3 aromatic rings. The molecule has 7 heteroatoms. The topological polar surface area (TPSA) is 75.2 Å². The number of aromatic nitrogens is 1. The lowest BCUT2D eigenvalue weighted by molar-refractivity contribution is 0.102. The Kier molecular flexibility index (Phi) is 5.16. The zero-order chi connectivity index (χ0) is 19.5. The van der Waals surface area contributed by atoms with Gasteiger partial charge in [-0.05, 0) is 67.6 Å². The minimum Gasteiger partial charge on any atom is -0.341 e. The summed E-state index contributed by atoms with van der Waals surface area (Å²) in [5, 5.41) is 9.21. The monoisotopic (exact) mass is 394 g/mol. The van der Waals surface area contributed by atoms with Crippen molar-refractivity contribution in [2.24, 2.45) is 0 Å². The summed E-state index contributed by atoms with van der Waals surface area (Å²) in [6.45, 7) is 0. The number of nitrogens with zero attached hydrogens (tertiary/aromatic N) is 1. The first-order valence-corrected chi connectivity index (χ1v) is 10.2. The Hall–Kier alpha value is -3.06. The average molecular weight is 395 g/mol. The number of hydrogen-bond donors (Lipinski definition) is 3. The minimum atomic E-state index is -0.280. The highest BCUT2D eigenvalue weighted by Crippen LogP contribution is 2.37. The number of nitrogens with one attached hydrogen (secondary N) is 3. The van der Waals surface area contributed by atoms with Crippen molar-refractivity contribution < 1.29 is 9.59 Å². The highest BCUT2D eigenvalue weighted by atomic mass is 32.1. The van der Waals surface area contributed by atoms with Gasteiger partial charge in [-0.15, -0.1) is 11.3 Å². The number of aryl methyl sites for hydroxylation is 1. The molecule has 0 atom stereocenters. The molecule has 2 heterocycles. The molecule has 3 amide bonds. The van der Waals surface area contributed by atoms with E-state index in [1.165, 1.54) is 16.9 Å². The van der Waals surface area contributed by atoms with Crippen LogP contribution in [-0.4, -0.2) is 23.6 Å². The van der Waals surface area contributed by atoms with Gasteiger partial charge in [0.25, 0.3) is 5.91 Å². The van der Waals surface area contributed by atoms with Crippen molar-refractivity contribution in [2.45, 2.75) is 25.7 Å². The molecule has 1 aromatic carbocycles. The molecule has 2 aromatic heterocycles. The van der Waals surface area contributed by atoms with Crippen LogP contribution >= 0.6 is 11.3 Å². The third kappa shape index (κ3) is 3.66. The first-order chi connectivity index (χ1) is 13.7. The third-order valence-corrected chi connectivity index (χ3v) is 6.15. The summed E-state index contributed by atoms with van der Waals surface area (Å²) in [5.41, 5.74) is 3.33. The van der Waals surface area contributed by atoms with E-state index in [-0.39, 0.29) is 11.9 Å². The predicted molar refractivity (Wildman–Crippen MR) is 113 cm³/mol. The summed E-state index contributed by atoms with van der Waals surface area (Å²) < 4.78 is 2.02. The van der Waals surface area contributed by atoms with Crippen LogP contribution in [0.2, 0.25) is 0 Å². The standard InChI is InChI=1S/C21H22N4O2S/c1-22-21(27)24-15-10-8-14(9-11-15)23-19(26)18-16-6-2-3-7-17(16)28-20(18)25-12-4-5-13-25/h4-5,8-13H,2-3,6-7H2,1H3,(H,23,26)(H2,22,24,27). The zero-order valence-corrected chi connectivity index (χ0v) is 16.4. The number of urea groups is 1. The summed E-state index contributed by atoms with van der Waals surface area (Å²) in [7, 11) is 1.56. The van der Waals surface area contributed by atoms with E-state index in [2.05, 4.69) is 16.0 Å². The molecule has 3 N–H and O–H groups in total. The molecule has 28 heavy (non-hydrogen) atoms. The number of amides is 3. The molecule has 0 radical (unpaired) electrons. The maximum atomic E-state index is 13.2. The highest BCUT2D eigenvalue weighted by molar-refractivity contribution is 7.15. The molecular formula is C21H22N4O2S. The van der Waals surface area contributed by atoms with Crippen LogP contribution in [0.1, 0.15) is 33.6 Å². The summed E-state index contributed by atoms with van der Waals surface area (Å²) in [5.74, 6) is -0.0879. The number of anilines is 2. The van der Waals surface area contributed by atoms with Crippen molar-refractivity contribution in [2.75, 3.05) is 17.7 Å². The Bertz CT molecular complexity index is 990. The average Bonchev–Trinajstić information content (AvgIpc) is 3.36. The fourth-order valence-corrected chi connectivity index (χ4v) is 4.81. The summed E-state index contributed by atoms with van der Waals surface area (Å²) >= 11 is 1.72. The lowest BCUT2D eigenvalue weighted by Gasteiger charge is -2.13. The van der Waals surface area contributed by atoms with Gasteiger partial charge in [-0.1, -0.05) is 0 Å². The second kappa shape index (κ2) is 7.90. The fourth-order valence-electron chi connectivity index (χ4n) is 3.46. The molecule has 0 unspecified atom stereocenters. The van der Waals surface area contributed by atoms with E-state index < -0.39 is 0 Å². The number of rotatable bonds is 4. The van der Waals surface area contributed by atoms with Gasteiger partial charge in [0.2, 0.25) is 0 Å². The van der Waals surface area contributed by atoms with Gasteiger partial charge >= 0.3 is 6.03 Å². The van der Waals surface area contributed by atoms with Crippen molar-refractivity contribution in [1.29, 1.82) is 0 Å². The Labute approximate surface area is 167 Å². The van der Waals surface area contributed by atoms with Crippen LogP contribution in [-0.2, 0) is 12.8 Å². The molecule has 0 spiro atoms. The second-order valence-electron chi connectivity index (χ2n) is 6.72. The van der Waals surface area contributed by atoms with E-state index in [1.807, 2.05) is 29.1 Å². The van der Waals surface area contributed by atoms with Gasteiger partial charge in [0, 0.05) is 35.7 Å². The normalized spacial score (nSPS) is 12.9. The van der Waals surface area contributed by atoms with E-state index >= 15 is 0 Å². The molecule has 0 fully saturated rings. The van der Waals surface area contributed by atoms with Crippen LogP contribution in [0.5, 0.6) is 0 Å². The molecular weight excluding hydrogens is 372 g/mol. The fraction of sp³-hybridized carbons (Fsp3) is 0.238. The van der Waals surface area contributed by atoms with Crippen LogP contribution in [0, 0.1) is 0 Å². The van der Waals surface area contributed by atoms with Gasteiger partial charge in [0.05, 0.1) is 5.56 Å². The van der Waals surface area contributed by atoms with Crippen molar-refractivity contribution in [3.8, 4) is 5.00 Å². The summed E-state index contributed by atoms with van der Waals surface area (Å²) in [6, 6.07) is 10.8. The number of benzene rings is 1. The maximum Gasteiger partial charge on any atom is 0.318 e. The Morgan fingerprint density at radius 1 is 0.964 bits per heavy atom. The van der Waals surface area contributed by atoms with Gasteiger partial charge < -0.3 is 20.5 Å². The van der Waals surface area contributed by atoms with Crippen LogP contribution in [0.4, 0.5) is 16.2 Å². The van der Waals surface area contributed by atoms with Gasteiger partial charge in [-0.2, -0.15) is 0 Å². The predicted octanol–water partition coefficient (Wildman–Crippen LogP) is 4.42. The van der Waals surface area contributed by atoms with Crippen LogP contribution in [0.25, 0.3) is 5.00 Å². The Morgan fingerprint density at radius 2 is 1.61 bits per heavy atom. The summed E-state index contributed by atoms with van der Waals surface area (Å²) in [4.78, 5) is 25.9. The number of thiophene rings is 1. The zero-order valence-electron chi connectivity index (χ0n) is 15.6. The molecule has 1 aliphatic carbocycles. The lowest BCUT2D eigenvalue weighted by Crippen LogP contribution is -2.24. The summed E-state index contributed by atoms with van der Waals surface area (Å²) in [6.07, 6.45) is 8.25. The largest absolute Gasteiger partial charge is 0.341 e. The molecule has 1 aliphatic rings. The Balaban J connectivity index is 1.60. The van der Waals surface area contributed by atoms with E-state index in [0.29, 0.717) is 11.4 Å². The second-order valence-corrected chi connectivity index (χ2v) is 7.80. The van der Waals surface area contributed by atoms with Gasteiger partial charge in [0.15, 0.2) is 0 Å². The van der Waals surface area contributed by atoms with E-state index in [9.17, 15) is 9.59 Å². The molecule has 0 aliphatic heterocycles. The van der Waals surface area contributed by atoms with E-state index in [4.69, 9.17) is 0 Å². The molecule has 0 saturated carbocycles. The smallest absolute Gasteiger partial charge is 0.318 e. The molecule has 4 rings (SSSR count).